The molecule has 0 aliphatic rings. The quantitative estimate of drug-likeness (QED) is 0.910. The van der Waals surface area contributed by atoms with Crippen LogP contribution >= 0.6 is 0 Å². The lowest BCUT2D eigenvalue weighted by Gasteiger charge is -2.20. The number of carboxylic acids is 1. The van der Waals surface area contributed by atoms with Crippen molar-refractivity contribution in [3.63, 3.8) is 0 Å². The molecule has 1 aromatic heterocycles. The molecular weight excluding hydrogens is 259 g/mol. The number of hydrogen-bond donors (Lipinski definition) is 1. The summed E-state index contributed by atoms with van der Waals surface area (Å²) in [6.45, 7) is 0.587. The zero-order valence-corrected chi connectivity index (χ0v) is 11.1. The number of hydrogen-bond acceptors (Lipinski definition) is 3. The number of pyridine rings is 1. The van der Waals surface area contributed by atoms with Crippen LogP contribution in [0, 0.1) is 5.82 Å². The van der Waals surface area contributed by atoms with E-state index in [0.717, 1.165) is 12.0 Å². The van der Waals surface area contributed by atoms with E-state index in [1.807, 2.05) is 12.1 Å². The molecule has 0 spiro atoms. The molecule has 1 heterocycles. The summed E-state index contributed by atoms with van der Waals surface area (Å²) < 4.78 is 13.8. The highest BCUT2D eigenvalue weighted by atomic mass is 19.1. The number of likely N-dealkylation sites (N-methyl/N-ethyl adjacent to an activating group) is 1. The number of carbonyl (C=O) groups is 1. The van der Waals surface area contributed by atoms with E-state index >= 15 is 0 Å². The molecule has 0 aliphatic carbocycles. The molecule has 5 heteroatoms. The molecule has 2 aromatic rings. The van der Waals surface area contributed by atoms with E-state index < -0.39 is 11.8 Å². The average molecular weight is 274 g/mol. The van der Waals surface area contributed by atoms with Crippen LogP contribution in [0.5, 0.6) is 0 Å². The molecule has 4 nitrogen and oxygen atoms in total. The summed E-state index contributed by atoms with van der Waals surface area (Å²) in [6.07, 6.45) is 4.15. The Bertz CT molecular complexity index is 602. The Morgan fingerprint density at radius 3 is 2.65 bits per heavy atom. The second kappa shape index (κ2) is 6.14. The number of anilines is 1. The largest absolute Gasteiger partial charge is 0.478 e. The summed E-state index contributed by atoms with van der Waals surface area (Å²) in [4.78, 5) is 16.6. The average Bonchev–Trinajstić information content (AvgIpc) is 2.46. The van der Waals surface area contributed by atoms with Crippen LogP contribution in [0.2, 0.25) is 0 Å². The van der Waals surface area contributed by atoms with Gasteiger partial charge in [0.2, 0.25) is 0 Å². The summed E-state index contributed by atoms with van der Waals surface area (Å²) in [5, 5.41) is 8.94. The van der Waals surface area contributed by atoms with Gasteiger partial charge in [0.15, 0.2) is 0 Å². The first-order valence-electron chi connectivity index (χ1n) is 6.21. The maximum atomic E-state index is 13.8. The SMILES string of the molecule is CN(CCc1ccncc1)c1cc(C(=O)O)ccc1F. The van der Waals surface area contributed by atoms with Gasteiger partial charge >= 0.3 is 5.97 Å². The van der Waals surface area contributed by atoms with Gasteiger partial charge in [-0.1, -0.05) is 0 Å². The lowest BCUT2D eigenvalue weighted by molar-refractivity contribution is 0.0697. The van der Waals surface area contributed by atoms with Crippen LogP contribution in [-0.2, 0) is 6.42 Å². The number of benzene rings is 1. The summed E-state index contributed by atoms with van der Waals surface area (Å²) in [5.74, 6) is -1.49. The molecule has 0 aliphatic heterocycles. The number of carboxylic acid groups (broad SMARTS) is 1. The van der Waals surface area contributed by atoms with Crippen molar-refractivity contribution in [2.45, 2.75) is 6.42 Å². The number of aromatic nitrogens is 1. The topological polar surface area (TPSA) is 53.4 Å². The van der Waals surface area contributed by atoms with E-state index in [2.05, 4.69) is 4.98 Å². The monoisotopic (exact) mass is 274 g/mol. The van der Waals surface area contributed by atoms with E-state index in [0.29, 0.717) is 12.2 Å². The van der Waals surface area contributed by atoms with E-state index in [1.165, 1.54) is 18.2 Å². The molecule has 0 fully saturated rings. The number of aromatic carboxylic acids is 1. The van der Waals surface area contributed by atoms with Crippen LogP contribution in [0.1, 0.15) is 15.9 Å². The molecule has 0 atom stereocenters. The zero-order chi connectivity index (χ0) is 14.5. The molecular formula is C15H15FN2O2. The van der Waals surface area contributed by atoms with Gasteiger partial charge in [-0.2, -0.15) is 0 Å². The van der Waals surface area contributed by atoms with Crippen LogP contribution in [0.4, 0.5) is 10.1 Å². The molecule has 20 heavy (non-hydrogen) atoms. The van der Waals surface area contributed by atoms with Crippen LogP contribution < -0.4 is 4.90 Å². The summed E-state index contributed by atoms with van der Waals surface area (Å²) in [7, 11) is 1.74. The molecule has 0 bridgehead atoms. The van der Waals surface area contributed by atoms with Crippen molar-refractivity contribution in [1.82, 2.24) is 4.98 Å². The van der Waals surface area contributed by atoms with Crippen molar-refractivity contribution in [2.75, 3.05) is 18.5 Å². The molecule has 0 radical (unpaired) electrons. The van der Waals surface area contributed by atoms with E-state index in [1.54, 1.807) is 24.3 Å². The third-order valence-electron chi connectivity index (χ3n) is 3.09. The van der Waals surface area contributed by atoms with Crippen LogP contribution in [0.25, 0.3) is 0 Å². The second-order valence-corrected chi connectivity index (χ2v) is 4.50. The van der Waals surface area contributed by atoms with Gasteiger partial charge in [0.05, 0.1) is 11.3 Å². The Kier molecular flexibility index (Phi) is 4.30. The lowest BCUT2D eigenvalue weighted by atomic mass is 10.1. The first-order valence-corrected chi connectivity index (χ1v) is 6.21. The Morgan fingerprint density at radius 1 is 1.30 bits per heavy atom. The zero-order valence-electron chi connectivity index (χ0n) is 11.1. The molecule has 0 saturated carbocycles. The Labute approximate surface area is 116 Å². The summed E-state index contributed by atoms with van der Waals surface area (Å²) >= 11 is 0. The van der Waals surface area contributed by atoms with Gasteiger partial charge in [-0.3, -0.25) is 4.98 Å². The number of rotatable bonds is 5. The second-order valence-electron chi connectivity index (χ2n) is 4.50. The minimum atomic E-state index is -1.06. The third-order valence-corrected chi connectivity index (χ3v) is 3.09. The number of nitrogens with zero attached hydrogens (tertiary/aromatic N) is 2. The fraction of sp³-hybridized carbons (Fsp3) is 0.200. The van der Waals surface area contributed by atoms with Gasteiger partial charge < -0.3 is 10.0 Å². The molecule has 0 amide bonds. The van der Waals surface area contributed by atoms with E-state index in [-0.39, 0.29) is 5.56 Å². The molecule has 2 rings (SSSR count). The van der Waals surface area contributed by atoms with Crippen LogP contribution in [0.15, 0.2) is 42.7 Å². The van der Waals surface area contributed by atoms with Crippen molar-refractivity contribution in [2.24, 2.45) is 0 Å². The van der Waals surface area contributed by atoms with Crippen molar-refractivity contribution < 1.29 is 14.3 Å². The standard InChI is InChI=1S/C15H15FN2O2/c1-18(9-6-11-4-7-17-8-5-11)14-10-12(15(19)20)2-3-13(14)16/h2-5,7-8,10H,6,9H2,1H3,(H,19,20). The third kappa shape index (κ3) is 3.32. The van der Waals surface area contributed by atoms with Crippen molar-refractivity contribution in [1.29, 1.82) is 0 Å². The highest BCUT2D eigenvalue weighted by Gasteiger charge is 2.11. The fourth-order valence-electron chi connectivity index (χ4n) is 1.90. The van der Waals surface area contributed by atoms with Gasteiger partial charge in [0.25, 0.3) is 0 Å². The van der Waals surface area contributed by atoms with Crippen molar-refractivity contribution in [3.8, 4) is 0 Å². The van der Waals surface area contributed by atoms with E-state index in [9.17, 15) is 9.18 Å². The molecule has 0 unspecified atom stereocenters. The predicted molar refractivity (Wildman–Crippen MR) is 74.6 cm³/mol. The first kappa shape index (κ1) is 14.0. The highest BCUT2D eigenvalue weighted by molar-refractivity contribution is 5.88. The molecule has 1 N–H and O–H groups in total. The van der Waals surface area contributed by atoms with Crippen LogP contribution in [-0.4, -0.2) is 29.7 Å². The molecule has 1 aromatic carbocycles. The lowest BCUT2D eigenvalue weighted by Crippen LogP contribution is -2.21. The summed E-state index contributed by atoms with van der Waals surface area (Å²) in [5.41, 5.74) is 1.47. The fourth-order valence-corrected chi connectivity index (χ4v) is 1.90. The van der Waals surface area contributed by atoms with Gasteiger partial charge in [-0.05, 0) is 42.3 Å². The van der Waals surface area contributed by atoms with Crippen molar-refractivity contribution >= 4 is 11.7 Å². The minimum absolute atomic E-state index is 0.0807. The van der Waals surface area contributed by atoms with Gasteiger partial charge in [-0.25, -0.2) is 9.18 Å². The van der Waals surface area contributed by atoms with Gasteiger partial charge in [-0.15, -0.1) is 0 Å². The Hall–Kier alpha value is -2.43. The van der Waals surface area contributed by atoms with Gasteiger partial charge in [0, 0.05) is 26.0 Å². The van der Waals surface area contributed by atoms with Crippen LogP contribution in [0.3, 0.4) is 0 Å². The maximum absolute atomic E-state index is 13.8. The Morgan fingerprint density at radius 2 is 2.00 bits per heavy atom. The van der Waals surface area contributed by atoms with Gasteiger partial charge in [0.1, 0.15) is 5.82 Å². The minimum Gasteiger partial charge on any atom is -0.478 e. The molecule has 104 valence electrons. The normalized spacial score (nSPS) is 10.3. The molecule has 0 saturated heterocycles. The highest BCUT2D eigenvalue weighted by Crippen LogP contribution is 2.20. The first-order chi connectivity index (χ1) is 9.58. The summed E-state index contributed by atoms with van der Waals surface area (Å²) in [6, 6.07) is 7.60. The van der Waals surface area contributed by atoms with Crippen molar-refractivity contribution in [3.05, 3.63) is 59.7 Å². The maximum Gasteiger partial charge on any atom is 0.335 e. The van der Waals surface area contributed by atoms with E-state index in [4.69, 9.17) is 5.11 Å². The number of halogens is 1. The predicted octanol–water partition coefficient (Wildman–Crippen LogP) is 2.60. The Balaban J connectivity index is 2.10. The smallest absolute Gasteiger partial charge is 0.335 e.